The van der Waals surface area contributed by atoms with E-state index >= 15 is 0 Å². The number of aliphatic carboxylic acids is 1. The highest BCUT2D eigenvalue weighted by Crippen LogP contribution is 2.08. The summed E-state index contributed by atoms with van der Waals surface area (Å²) in [6.07, 6.45) is 0.537. The van der Waals surface area contributed by atoms with Crippen LogP contribution in [0.1, 0.15) is 46.0 Å². The summed E-state index contributed by atoms with van der Waals surface area (Å²) in [6, 6.07) is -4.53. The fraction of sp³-hybridized carbons (Fsp3) is 0.700. The molecule has 0 heterocycles. The average molecular weight is 519 g/mol. The van der Waals surface area contributed by atoms with E-state index in [1.54, 1.807) is 0 Å². The molecule has 0 aliphatic heterocycles. The number of hydrogen-bond donors (Lipinski definition) is 9. The number of nitrogens with zero attached hydrogens (tertiary/aromatic N) is 1. The van der Waals surface area contributed by atoms with E-state index in [0.29, 0.717) is 13.0 Å². The van der Waals surface area contributed by atoms with Gasteiger partial charge in [-0.3, -0.25) is 24.2 Å². The first-order chi connectivity index (χ1) is 16.3. The van der Waals surface area contributed by atoms with Crippen LogP contribution < -0.4 is 38.9 Å². The topological polar surface area (TPSA) is 258 Å². The van der Waals surface area contributed by atoms with Gasteiger partial charge in [0.15, 0.2) is 5.96 Å². The highest BCUT2D eigenvalue weighted by Gasteiger charge is 2.30. The normalized spacial score (nSPS) is 14.2. The number of carboxylic acid groups (broad SMARTS) is 1. The van der Waals surface area contributed by atoms with E-state index < -0.39 is 53.8 Å². The molecular formula is C20H38N8O6S. The van der Waals surface area contributed by atoms with Gasteiger partial charge < -0.3 is 44.0 Å². The van der Waals surface area contributed by atoms with E-state index in [1.807, 2.05) is 13.8 Å². The first kappa shape index (κ1) is 31.9. The molecule has 0 spiro atoms. The number of carbonyl (C=O) groups excluding carboxylic acids is 4. The molecule has 0 rings (SSSR count). The number of carbonyl (C=O) groups is 5. The van der Waals surface area contributed by atoms with Crippen molar-refractivity contribution in [3.63, 3.8) is 0 Å². The van der Waals surface area contributed by atoms with Gasteiger partial charge in [-0.1, -0.05) is 13.8 Å². The van der Waals surface area contributed by atoms with Crippen molar-refractivity contribution in [1.29, 1.82) is 0 Å². The molecule has 0 aliphatic rings. The number of amides is 4. The average Bonchev–Trinajstić information content (AvgIpc) is 2.75. The Morgan fingerprint density at radius 1 is 0.886 bits per heavy atom. The lowest BCUT2D eigenvalue weighted by Gasteiger charge is -2.25. The van der Waals surface area contributed by atoms with Gasteiger partial charge >= 0.3 is 5.97 Å². The van der Waals surface area contributed by atoms with Crippen LogP contribution in [0.2, 0.25) is 0 Å². The number of carboxylic acids is 1. The van der Waals surface area contributed by atoms with Crippen LogP contribution in [-0.2, 0) is 24.0 Å². The highest BCUT2D eigenvalue weighted by atomic mass is 32.1. The molecule has 0 aromatic heterocycles. The number of hydrogen-bond acceptors (Lipinski definition) is 8. The molecule has 0 aliphatic carbocycles. The minimum atomic E-state index is -1.31. The van der Waals surface area contributed by atoms with Gasteiger partial charge in [-0.25, -0.2) is 4.79 Å². The van der Waals surface area contributed by atoms with Crippen LogP contribution in [0.3, 0.4) is 0 Å². The molecule has 4 amide bonds. The van der Waals surface area contributed by atoms with Crippen LogP contribution in [0.25, 0.3) is 0 Å². The van der Waals surface area contributed by atoms with Crippen LogP contribution in [0.5, 0.6) is 0 Å². The zero-order chi connectivity index (χ0) is 27.1. The quantitative estimate of drug-likeness (QED) is 0.0414. The number of guanidine groups is 1. The molecule has 0 radical (unpaired) electrons. The Hall–Kier alpha value is -3.07. The molecule has 0 aromatic rings. The molecule has 4 unspecified atom stereocenters. The standard InChI is InChI=1S/C20H38N8O6S/c1-10(2)8-13(27-16(30)11(21)4-3-7-25-20(23)24)18(32)26-12(5-6-15(22)29)17(31)28-14(9-35)19(33)34/h10-14,35H,3-9,21H2,1-2H3,(H2,22,29)(H,26,32)(H,27,30)(H,28,31)(H,33,34)(H4,23,24,25). The Balaban J connectivity index is 5.38. The number of aliphatic imine (C=N–C) groups is 1. The van der Waals surface area contributed by atoms with Gasteiger partial charge in [0.1, 0.15) is 18.1 Å². The van der Waals surface area contributed by atoms with Gasteiger partial charge in [0.05, 0.1) is 6.04 Å². The second-order valence-electron chi connectivity index (χ2n) is 8.39. The van der Waals surface area contributed by atoms with Crippen LogP contribution in [-0.4, -0.2) is 77.1 Å². The predicted molar refractivity (Wildman–Crippen MR) is 133 cm³/mol. The van der Waals surface area contributed by atoms with E-state index in [0.717, 1.165) is 0 Å². The molecule has 4 atom stereocenters. The molecular weight excluding hydrogens is 480 g/mol. The molecule has 0 fully saturated rings. The minimum absolute atomic E-state index is 0.0115. The molecule has 0 aromatic carbocycles. The number of primary amides is 1. The van der Waals surface area contributed by atoms with E-state index in [9.17, 15) is 24.0 Å². The zero-order valence-electron chi connectivity index (χ0n) is 20.0. The van der Waals surface area contributed by atoms with Crippen molar-refractivity contribution in [2.75, 3.05) is 12.3 Å². The van der Waals surface area contributed by atoms with Gasteiger partial charge in [0, 0.05) is 18.7 Å². The Kier molecular flexibility index (Phi) is 15.1. The third-order valence-corrected chi connectivity index (χ3v) is 5.12. The molecule has 14 nitrogen and oxygen atoms in total. The first-order valence-electron chi connectivity index (χ1n) is 11.1. The van der Waals surface area contributed by atoms with E-state index in [4.69, 9.17) is 28.0 Å². The largest absolute Gasteiger partial charge is 0.480 e. The predicted octanol–water partition coefficient (Wildman–Crippen LogP) is -2.85. The molecule has 35 heavy (non-hydrogen) atoms. The fourth-order valence-electron chi connectivity index (χ4n) is 2.92. The van der Waals surface area contributed by atoms with Crippen molar-refractivity contribution in [3.8, 4) is 0 Å². The molecule has 0 saturated carbocycles. The summed E-state index contributed by atoms with van der Waals surface area (Å²) in [4.78, 5) is 64.4. The van der Waals surface area contributed by atoms with Crippen molar-refractivity contribution >= 4 is 48.2 Å². The van der Waals surface area contributed by atoms with Crippen LogP contribution in [0.15, 0.2) is 4.99 Å². The Morgan fingerprint density at radius 2 is 1.43 bits per heavy atom. The van der Waals surface area contributed by atoms with Gasteiger partial charge in [0.2, 0.25) is 23.6 Å². The minimum Gasteiger partial charge on any atom is -0.480 e. The maximum absolute atomic E-state index is 13.0. The molecule has 0 saturated heterocycles. The summed E-state index contributed by atoms with van der Waals surface area (Å²) in [5, 5.41) is 16.5. The van der Waals surface area contributed by atoms with E-state index in [1.165, 1.54) is 0 Å². The SMILES string of the molecule is CC(C)CC(NC(=O)C(N)CCCN=C(N)N)C(=O)NC(CCC(N)=O)C(=O)NC(CS)C(=O)O. The highest BCUT2D eigenvalue weighted by molar-refractivity contribution is 7.80. The Labute approximate surface area is 209 Å². The number of nitrogens with one attached hydrogen (secondary N) is 3. The van der Waals surface area contributed by atoms with E-state index in [-0.39, 0.29) is 43.3 Å². The monoisotopic (exact) mass is 518 g/mol. The smallest absolute Gasteiger partial charge is 0.327 e. The van der Waals surface area contributed by atoms with Crippen molar-refractivity contribution < 1.29 is 29.1 Å². The second-order valence-corrected chi connectivity index (χ2v) is 8.76. The number of rotatable bonds is 17. The van der Waals surface area contributed by atoms with Crippen LogP contribution >= 0.6 is 12.6 Å². The van der Waals surface area contributed by atoms with Crippen LogP contribution in [0, 0.1) is 5.92 Å². The first-order valence-corrected chi connectivity index (χ1v) is 11.8. The van der Waals surface area contributed by atoms with Gasteiger partial charge in [0.25, 0.3) is 0 Å². The summed E-state index contributed by atoms with van der Waals surface area (Å²) < 4.78 is 0. The number of thiol groups is 1. The summed E-state index contributed by atoms with van der Waals surface area (Å²) in [6.45, 7) is 3.96. The molecule has 200 valence electrons. The fourth-order valence-corrected chi connectivity index (χ4v) is 3.17. The molecule has 12 N–H and O–H groups in total. The maximum Gasteiger partial charge on any atom is 0.327 e. The van der Waals surface area contributed by atoms with Crippen LogP contribution in [0.4, 0.5) is 0 Å². The van der Waals surface area contributed by atoms with Crippen molar-refractivity contribution in [2.24, 2.45) is 33.8 Å². The second kappa shape index (κ2) is 16.5. The third-order valence-electron chi connectivity index (χ3n) is 4.75. The lowest BCUT2D eigenvalue weighted by molar-refractivity contribution is -0.141. The lowest BCUT2D eigenvalue weighted by atomic mass is 10.0. The van der Waals surface area contributed by atoms with Gasteiger partial charge in [-0.15, -0.1) is 0 Å². The van der Waals surface area contributed by atoms with Gasteiger partial charge in [-0.05, 0) is 31.6 Å². The van der Waals surface area contributed by atoms with E-state index in [2.05, 4.69) is 33.6 Å². The van der Waals surface area contributed by atoms with Gasteiger partial charge in [-0.2, -0.15) is 12.6 Å². The number of nitrogens with two attached hydrogens (primary N) is 4. The maximum atomic E-state index is 13.0. The Morgan fingerprint density at radius 3 is 1.91 bits per heavy atom. The summed E-state index contributed by atoms with van der Waals surface area (Å²) in [7, 11) is 0. The Bertz CT molecular complexity index is 775. The summed E-state index contributed by atoms with van der Waals surface area (Å²) in [5.41, 5.74) is 21.6. The lowest BCUT2D eigenvalue weighted by Crippen LogP contribution is -2.57. The van der Waals surface area contributed by atoms with Crippen molar-refractivity contribution in [3.05, 3.63) is 0 Å². The van der Waals surface area contributed by atoms with Crippen molar-refractivity contribution in [1.82, 2.24) is 16.0 Å². The summed E-state index contributed by atoms with van der Waals surface area (Å²) >= 11 is 3.88. The summed E-state index contributed by atoms with van der Waals surface area (Å²) in [5.74, 6) is -4.39. The van der Waals surface area contributed by atoms with Crippen molar-refractivity contribution in [2.45, 2.75) is 70.1 Å². The molecule has 15 heteroatoms. The third kappa shape index (κ3) is 14.0. The molecule has 0 bridgehead atoms. The zero-order valence-corrected chi connectivity index (χ0v) is 20.9.